The number of hydrazine groups is 1. The number of benzene rings is 1. The van der Waals surface area contributed by atoms with E-state index in [1.807, 2.05) is 11.1 Å². The molecule has 3 rings (SSSR count). The van der Waals surface area contributed by atoms with Crippen LogP contribution in [-0.4, -0.2) is 49.0 Å². The Kier molecular flexibility index (Phi) is 4.76. The normalized spacial score (nSPS) is 17.0. The number of hydrogen-bond acceptors (Lipinski definition) is 4. The molecule has 0 unspecified atom stereocenters. The third-order valence-electron chi connectivity index (χ3n) is 4.17. The van der Waals surface area contributed by atoms with Crippen LogP contribution in [0, 0.1) is 0 Å². The third-order valence-corrected chi connectivity index (χ3v) is 5.38. The maximum Gasteiger partial charge on any atom is 0.275 e. The fourth-order valence-corrected chi connectivity index (χ4v) is 4.03. The van der Waals surface area contributed by atoms with Gasteiger partial charge in [0.15, 0.2) is 0 Å². The van der Waals surface area contributed by atoms with Gasteiger partial charge in [-0.1, -0.05) is 31.5 Å². The van der Waals surface area contributed by atoms with Gasteiger partial charge in [0.1, 0.15) is 0 Å². The van der Waals surface area contributed by atoms with E-state index in [4.69, 9.17) is 0 Å². The molecule has 1 fully saturated rings. The van der Waals surface area contributed by atoms with Gasteiger partial charge in [0.2, 0.25) is 0 Å². The van der Waals surface area contributed by atoms with E-state index in [1.54, 1.807) is 11.3 Å². The number of nitrogens with one attached hydrogen (secondary N) is 1. The SMILES string of the molecule is CCCc1c(C(=O)NN2CCN(C)CC2)sc2ccccc12. The molecule has 1 saturated heterocycles. The third kappa shape index (κ3) is 3.16. The lowest BCUT2D eigenvalue weighted by Gasteiger charge is -2.32. The van der Waals surface area contributed by atoms with Crippen molar-refractivity contribution >= 4 is 27.3 Å². The summed E-state index contributed by atoms with van der Waals surface area (Å²) in [6.07, 6.45) is 2.00. The highest BCUT2D eigenvalue weighted by molar-refractivity contribution is 7.21. The molecule has 0 spiro atoms. The Morgan fingerprint density at radius 2 is 1.95 bits per heavy atom. The molecule has 0 radical (unpaired) electrons. The molecule has 1 amide bonds. The summed E-state index contributed by atoms with van der Waals surface area (Å²) in [5, 5.41) is 3.28. The summed E-state index contributed by atoms with van der Waals surface area (Å²) in [5.41, 5.74) is 4.30. The predicted octanol–water partition coefficient (Wildman–Crippen LogP) is 2.75. The van der Waals surface area contributed by atoms with Gasteiger partial charge in [-0.25, -0.2) is 5.01 Å². The zero-order chi connectivity index (χ0) is 15.5. The van der Waals surface area contributed by atoms with E-state index in [2.05, 4.69) is 42.5 Å². The van der Waals surface area contributed by atoms with Gasteiger partial charge in [-0.05, 0) is 30.5 Å². The highest BCUT2D eigenvalue weighted by Crippen LogP contribution is 2.32. The van der Waals surface area contributed by atoms with Crippen molar-refractivity contribution in [1.29, 1.82) is 0 Å². The number of piperazine rings is 1. The summed E-state index contributed by atoms with van der Waals surface area (Å²) in [6, 6.07) is 8.32. The smallest absolute Gasteiger partial charge is 0.275 e. The van der Waals surface area contributed by atoms with E-state index in [1.165, 1.54) is 15.6 Å². The second kappa shape index (κ2) is 6.77. The highest BCUT2D eigenvalue weighted by atomic mass is 32.1. The number of fused-ring (bicyclic) bond motifs is 1. The Hall–Kier alpha value is -1.43. The molecule has 1 aliphatic rings. The average Bonchev–Trinajstić information content (AvgIpc) is 2.89. The minimum atomic E-state index is 0.0502. The number of thiophene rings is 1. The number of carbonyl (C=O) groups is 1. The van der Waals surface area contributed by atoms with E-state index >= 15 is 0 Å². The Labute approximate surface area is 135 Å². The molecular weight excluding hydrogens is 294 g/mol. The van der Waals surface area contributed by atoms with Crippen LogP contribution >= 0.6 is 11.3 Å². The maximum atomic E-state index is 12.7. The first kappa shape index (κ1) is 15.5. The molecule has 0 aliphatic carbocycles. The summed E-state index contributed by atoms with van der Waals surface area (Å²) < 4.78 is 1.20. The van der Waals surface area contributed by atoms with E-state index in [-0.39, 0.29) is 5.91 Å². The van der Waals surface area contributed by atoms with Gasteiger partial charge in [0, 0.05) is 30.9 Å². The summed E-state index contributed by atoms with van der Waals surface area (Å²) in [6.45, 7) is 5.92. The van der Waals surface area contributed by atoms with Crippen molar-refractivity contribution in [3.8, 4) is 0 Å². The lowest BCUT2D eigenvalue weighted by molar-refractivity contribution is 0.0665. The zero-order valence-electron chi connectivity index (χ0n) is 13.3. The second-order valence-electron chi connectivity index (χ2n) is 5.89. The quantitative estimate of drug-likeness (QED) is 0.942. The fraction of sp³-hybridized carbons (Fsp3) is 0.471. The van der Waals surface area contributed by atoms with E-state index < -0.39 is 0 Å². The molecular formula is C17H23N3OS. The zero-order valence-corrected chi connectivity index (χ0v) is 14.1. The fourth-order valence-electron chi connectivity index (χ4n) is 2.89. The van der Waals surface area contributed by atoms with Crippen LogP contribution < -0.4 is 5.43 Å². The number of likely N-dealkylation sites (N-methyl/N-ethyl adjacent to an activating group) is 1. The van der Waals surface area contributed by atoms with Crippen LogP contribution in [0.15, 0.2) is 24.3 Å². The highest BCUT2D eigenvalue weighted by Gasteiger charge is 2.21. The van der Waals surface area contributed by atoms with Crippen LogP contribution in [0.25, 0.3) is 10.1 Å². The monoisotopic (exact) mass is 317 g/mol. The Balaban J connectivity index is 1.82. The second-order valence-corrected chi connectivity index (χ2v) is 6.94. The lowest BCUT2D eigenvalue weighted by atomic mass is 10.1. The van der Waals surface area contributed by atoms with Crippen molar-refractivity contribution in [3.05, 3.63) is 34.7 Å². The number of carbonyl (C=O) groups excluding carboxylic acids is 1. The number of rotatable bonds is 4. The average molecular weight is 317 g/mol. The van der Waals surface area contributed by atoms with Crippen molar-refractivity contribution < 1.29 is 4.79 Å². The Morgan fingerprint density at radius 1 is 1.23 bits per heavy atom. The molecule has 2 heterocycles. The minimum Gasteiger partial charge on any atom is -0.304 e. The molecule has 4 nitrogen and oxygen atoms in total. The van der Waals surface area contributed by atoms with Crippen LogP contribution in [0.4, 0.5) is 0 Å². The number of amides is 1. The van der Waals surface area contributed by atoms with Gasteiger partial charge < -0.3 is 4.90 Å². The van der Waals surface area contributed by atoms with Gasteiger partial charge in [-0.3, -0.25) is 10.2 Å². The maximum absolute atomic E-state index is 12.7. The molecule has 0 atom stereocenters. The Morgan fingerprint density at radius 3 is 2.68 bits per heavy atom. The molecule has 118 valence electrons. The largest absolute Gasteiger partial charge is 0.304 e. The number of nitrogens with zero attached hydrogens (tertiary/aromatic N) is 2. The molecule has 22 heavy (non-hydrogen) atoms. The van der Waals surface area contributed by atoms with Gasteiger partial charge >= 0.3 is 0 Å². The standard InChI is InChI=1S/C17H23N3OS/c1-3-6-14-13-7-4-5-8-15(13)22-16(14)17(21)18-20-11-9-19(2)10-12-20/h4-5,7-8H,3,6,9-12H2,1-2H3,(H,18,21). The Bertz CT molecular complexity index is 659. The van der Waals surface area contributed by atoms with Crippen molar-refractivity contribution in [2.24, 2.45) is 0 Å². The number of hydrogen-bond donors (Lipinski definition) is 1. The molecule has 5 heteroatoms. The van der Waals surface area contributed by atoms with Crippen LogP contribution in [-0.2, 0) is 6.42 Å². The molecule has 1 aromatic heterocycles. The molecule has 1 aliphatic heterocycles. The number of aryl methyl sites for hydroxylation is 1. The van der Waals surface area contributed by atoms with Crippen molar-refractivity contribution in [1.82, 2.24) is 15.3 Å². The van der Waals surface area contributed by atoms with Gasteiger partial charge in [0.25, 0.3) is 5.91 Å². The van der Waals surface area contributed by atoms with Crippen LogP contribution in [0.1, 0.15) is 28.6 Å². The van der Waals surface area contributed by atoms with Gasteiger partial charge in [0.05, 0.1) is 4.88 Å². The van der Waals surface area contributed by atoms with E-state index in [9.17, 15) is 4.79 Å². The predicted molar refractivity (Wildman–Crippen MR) is 92.4 cm³/mol. The minimum absolute atomic E-state index is 0.0502. The summed E-state index contributed by atoms with van der Waals surface area (Å²) in [5.74, 6) is 0.0502. The first-order valence-corrected chi connectivity index (χ1v) is 8.75. The van der Waals surface area contributed by atoms with Gasteiger partial charge in [-0.2, -0.15) is 0 Å². The molecule has 0 bridgehead atoms. The summed E-state index contributed by atoms with van der Waals surface area (Å²) >= 11 is 1.61. The van der Waals surface area contributed by atoms with Crippen LogP contribution in [0.3, 0.4) is 0 Å². The van der Waals surface area contributed by atoms with Gasteiger partial charge in [-0.15, -0.1) is 11.3 Å². The first-order chi connectivity index (χ1) is 10.7. The molecule has 2 aromatic rings. The lowest BCUT2D eigenvalue weighted by Crippen LogP contribution is -2.52. The summed E-state index contributed by atoms with van der Waals surface area (Å²) in [7, 11) is 2.12. The molecule has 0 saturated carbocycles. The van der Waals surface area contributed by atoms with Crippen LogP contribution in [0.2, 0.25) is 0 Å². The summed E-state index contributed by atoms with van der Waals surface area (Å²) in [4.78, 5) is 15.9. The van der Waals surface area contributed by atoms with Crippen molar-refractivity contribution in [2.75, 3.05) is 33.2 Å². The van der Waals surface area contributed by atoms with Crippen LogP contribution in [0.5, 0.6) is 0 Å². The topological polar surface area (TPSA) is 35.6 Å². The first-order valence-electron chi connectivity index (χ1n) is 7.94. The van der Waals surface area contributed by atoms with E-state index in [0.717, 1.165) is 43.9 Å². The molecule has 1 N–H and O–H groups in total. The van der Waals surface area contributed by atoms with E-state index in [0.29, 0.717) is 0 Å². The van der Waals surface area contributed by atoms with Crippen molar-refractivity contribution in [2.45, 2.75) is 19.8 Å². The van der Waals surface area contributed by atoms with Crippen molar-refractivity contribution in [3.63, 3.8) is 0 Å². The molecule has 1 aromatic carbocycles.